The second kappa shape index (κ2) is 6.68. The minimum absolute atomic E-state index is 0.315. The van der Waals surface area contributed by atoms with Crippen LogP contribution in [0.25, 0.3) is 0 Å². The van der Waals surface area contributed by atoms with Gasteiger partial charge in [0.2, 0.25) is 5.91 Å². The fraction of sp³-hybridized carbons (Fsp3) is 0.438. The average molecular weight is 320 g/mol. The van der Waals surface area contributed by atoms with Gasteiger partial charge in [-0.05, 0) is 39.7 Å². The number of rotatable bonds is 3. The smallest absolute Gasteiger partial charge is 0.307 e. The topological polar surface area (TPSA) is 109 Å². The molecule has 124 valence electrons. The second-order valence-corrected chi connectivity index (χ2v) is 5.85. The molecule has 7 heteroatoms. The first-order valence-electron chi connectivity index (χ1n) is 7.33. The fourth-order valence-electron chi connectivity index (χ4n) is 2.73. The number of allylic oxidation sites excluding steroid dienone is 2. The number of carbonyl (C=O) groups is 3. The van der Waals surface area contributed by atoms with Gasteiger partial charge in [0, 0.05) is 0 Å². The maximum atomic E-state index is 12.3. The third kappa shape index (κ3) is 3.61. The van der Waals surface area contributed by atoms with E-state index in [0.29, 0.717) is 24.2 Å². The number of carboxylic acids is 1. The van der Waals surface area contributed by atoms with Gasteiger partial charge in [-0.25, -0.2) is 0 Å². The van der Waals surface area contributed by atoms with E-state index in [4.69, 9.17) is 4.42 Å². The molecule has 1 heterocycles. The number of amides is 2. The Hall–Kier alpha value is -2.57. The molecule has 0 saturated carbocycles. The Morgan fingerprint density at radius 1 is 1.09 bits per heavy atom. The molecule has 1 aliphatic rings. The molecular formula is C16H20N2O5. The minimum atomic E-state index is -1.01. The largest absolute Gasteiger partial charge is 0.481 e. The summed E-state index contributed by atoms with van der Waals surface area (Å²) >= 11 is 0. The van der Waals surface area contributed by atoms with Crippen molar-refractivity contribution in [2.24, 2.45) is 11.8 Å². The van der Waals surface area contributed by atoms with Crippen LogP contribution in [0.3, 0.4) is 0 Å². The van der Waals surface area contributed by atoms with Crippen molar-refractivity contribution in [3.8, 4) is 0 Å². The predicted molar refractivity (Wildman–Crippen MR) is 81.3 cm³/mol. The number of hydrogen-bond acceptors (Lipinski definition) is 4. The number of hydrazine groups is 1. The third-order valence-corrected chi connectivity index (χ3v) is 4.32. The zero-order chi connectivity index (χ0) is 17.1. The molecule has 2 atom stereocenters. The van der Waals surface area contributed by atoms with Crippen LogP contribution in [0.1, 0.15) is 42.8 Å². The summed E-state index contributed by atoms with van der Waals surface area (Å²) in [4.78, 5) is 35.6. The Labute approximate surface area is 133 Å². The third-order valence-electron chi connectivity index (χ3n) is 4.32. The highest BCUT2D eigenvalue weighted by molar-refractivity contribution is 5.96. The van der Waals surface area contributed by atoms with E-state index in [1.807, 2.05) is 13.8 Å². The second-order valence-electron chi connectivity index (χ2n) is 5.85. The van der Waals surface area contributed by atoms with Crippen LogP contribution in [-0.4, -0.2) is 22.9 Å². The van der Waals surface area contributed by atoms with Crippen molar-refractivity contribution in [1.82, 2.24) is 10.9 Å². The first-order valence-corrected chi connectivity index (χ1v) is 7.33. The van der Waals surface area contributed by atoms with Gasteiger partial charge in [-0.1, -0.05) is 11.1 Å². The summed E-state index contributed by atoms with van der Waals surface area (Å²) in [5.41, 5.74) is 6.95. The summed E-state index contributed by atoms with van der Waals surface area (Å²) in [7, 11) is 0. The Bertz CT molecular complexity index is 674. The molecule has 0 fully saturated rings. The molecule has 0 bridgehead atoms. The van der Waals surface area contributed by atoms with Crippen LogP contribution in [0.4, 0.5) is 0 Å². The molecule has 0 saturated heterocycles. The Balaban J connectivity index is 2.03. The van der Waals surface area contributed by atoms with Crippen molar-refractivity contribution in [2.45, 2.75) is 33.6 Å². The highest BCUT2D eigenvalue weighted by Crippen LogP contribution is 2.34. The molecule has 3 N–H and O–H groups in total. The van der Waals surface area contributed by atoms with Crippen molar-refractivity contribution < 1.29 is 23.9 Å². The van der Waals surface area contributed by atoms with Gasteiger partial charge in [-0.15, -0.1) is 0 Å². The maximum absolute atomic E-state index is 12.3. The van der Waals surface area contributed by atoms with Crippen LogP contribution in [0, 0.1) is 18.8 Å². The summed E-state index contributed by atoms with van der Waals surface area (Å²) in [6.07, 6.45) is 2.09. The van der Waals surface area contributed by atoms with E-state index in [1.54, 1.807) is 6.92 Å². The molecule has 23 heavy (non-hydrogen) atoms. The van der Waals surface area contributed by atoms with Crippen LogP contribution >= 0.6 is 0 Å². The van der Waals surface area contributed by atoms with E-state index in [0.717, 1.165) is 11.1 Å². The zero-order valence-electron chi connectivity index (χ0n) is 13.3. The van der Waals surface area contributed by atoms with E-state index in [-0.39, 0.29) is 0 Å². The van der Waals surface area contributed by atoms with Crippen molar-refractivity contribution in [1.29, 1.82) is 0 Å². The van der Waals surface area contributed by atoms with E-state index in [2.05, 4.69) is 10.9 Å². The molecule has 2 amide bonds. The van der Waals surface area contributed by atoms with Crippen molar-refractivity contribution in [3.63, 3.8) is 0 Å². The van der Waals surface area contributed by atoms with Gasteiger partial charge in [0.05, 0.1) is 23.7 Å². The molecule has 1 aliphatic carbocycles. The van der Waals surface area contributed by atoms with Crippen LogP contribution in [0.2, 0.25) is 0 Å². The standard InChI is InChI=1S/C16H20N2O5/c1-8-6-12(13(16(21)22)7-9(8)2)15(20)18-17-14(19)11-4-5-23-10(11)3/h4-5,12-13H,6-7H2,1-3H3,(H,17,19)(H,18,20)(H,21,22)/t12-,13+/m0/s1. The Kier molecular flexibility index (Phi) is 4.88. The predicted octanol–water partition coefficient (Wildman–Crippen LogP) is 1.80. The number of aryl methyl sites for hydroxylation is 1. The maximum Gasteiger partial charge on any atom is 0.307 e. The molecular weight excluding hydrogens is 300 g/mol. The molecule has 0 spiro atoms. The van der Waals surface area contributed by atoms with Gasteiger partial charge >= 0.3 is 5.97 Å². The highest BCUT2D eigenvalue weighted by Gasteiger charge is 2.37. The average Bonchev–Trinajstić information content (AvgIpc) is 2.92. The van der Waals surface area contributed by atoms with Crippen molar-refractivity contribution >= 4 is 17.8 Å². The Morgan fingerprint density at radius 2 is 1.70 bits per heavy atom. The number of carbonyl (C=O) groups excluding carboxylic acids is 2. The molecule has 1 aromatic heterocycles. The van der Waals surface area contributed by atoms with E-state index >= 15 is 0 Å². The summed E-state index contributed by atoms with van der Waals surface area (Å²) in [5.74, 6) is -3.07. The summed E-state index contributed by atoms with van der Waals surface area (Å²) < 4.78 is 5.03. The number of hydrogen-bond donors (Lipinski definition) is 3. The number of carboxylic acid groups (broad SMARTS) is 1. The van der Waals surface area contributed by atoms with E-state index in [9.17, 15) is 19.5 Å². The monoisotopic (exact) mass is 320 g/mol. The van der Waals surface area contributed by atoms with Crippen molar-refractivity contribution in [2.75, 3.05) is 0 Å². The van der Waals surface area contributed by atoms with E-state index < -0.39 is 29.6 Å². The number of aliphatic carboxylic acids is 1. The first kappa shape index (κ1) is 16.8. The van der Waals surface area contributed by atoms with Crippen molar-refractivity contribution in [3.05, 3.63) is 34.8 Å². The lowest BCUT2D eigenvalue weighted by Crippen LogP contribution is -2.48. The molecule has 0 aromatic carbocycles. The normalized spacial score (nSPS) is 21.0. The molecule has 0 aliphatic heterocycles. The molecule has 1 aromatic rings. The molecule has 0 unspecified atom stereocenters. The van der Waals surface area contributed by atoms with Crippen LogP contribution in [0.15, 0.2) is 27.9 Å². The zero-order valence-corrected chi connectivity index (χ0v) is 13.3. The Morgan fingerprint density at radius 3 is 2.22 bits per heavy atom. The van der Waals surface area contributed by atoms with Crippen LogP contribution < -0.4 is 10.9 Å². The van der Waals surface area contributed by atoms with Gasteiger partial charge in [0.25, 0.3) is 5.91 Å². The van der Waals surface area contributed by atoms with Gasteiger partial charge in [-0.3, -0.25) is 25.2 Å². The van der Waals surface area contributed by atoms with Crippen LogP contribution in [0.5, 0.6) is 0 Å². The SMILES string of the molecule is CC1=C(C)C[C@@H](C(=O)O)[C@@H](C(=O)NNC(=O)c2ccoc2C)C1. The van der Waals surface area contributed by atoms with Gasteiger partial charge in [0.15, 0.2) is 0 Å². The summed E-state index contributed by atoms with van der Waals surface area (Å²) in [6, 6.07) is 1.49. The van der Waals surface area contributed by atoms with Gasteiger partial charge in [-0.2, -0.15) is 0 Å². The summed E-state index contributed by atoms with van der Waals surface area (Å²) in [5, 5.41) is 9.32. The van der Waals surface area contributed by atoms with E-state index in [1.165, 1.54) is 12.3 Å². The lowest BCUT2D eigenvalue weighted by Gasteiger charge is -2.29. The lowest BCUT2D eigenvalue weighted by molar-refractivity contribution is -0.147. The lowest BCUT2D eigenvalue weighted by atomic mass is 9.76. The number of furan rings is 1. The molecule has 0 radical (unpaired) electrons. The fourth-order valence-corrected chi connectivity index (χ4v) is 2.73. The van der Waals surface area contributed by atoms with Crippen LogP contribution in [-0.2, 0) is 9.59 Å². The molecule has 7 nitrogen and oxygen atoms in total. The first-order chi connectivity index (χ1) is 10.8. The minimum Gasteiger partial charge on any atom is -0.481 e. The molecule has 2 rings (SSSR count). The van der Waals surface area contributed by atoms with Gasteiger partial charge < -0.3 is 9.52 Å². The van der Waals surface area contributed by atoms with Gasteiger partial charge in [0.1, 0.15) is 5.76 Å². The number of nitrogens with one attached hydrogen (secondary N) is 2. The highest BCUT2D eigenvalue weighted by atomic mass is 16.4. The summed E-state index contributed by atoms with van der Waals surface area (Å²) in [6.45, 7) is 5.40. The quantitative estimate of drug-likeness (QED) is 0.581.